The number of benzene rings is 1. The smallest absolute Gasteiger partial charge is 0.256 e. The van der Waals surface area contributed by atoms with Gasteiger partial charge in [-0.05, 0) is 30.9 Å². The molecule has 1 N–H and O–H groups in total. The Hall–Kier alpha value is -1.62. The highest BCUT2D eigenvalue weighted by Gasteiger charge is 2.21. The minimum atomic E-state index is -0.695. The van der Waals surface area contributed by atoms with Crippen LogP contribution in [0, 0.1) is 11.7 Å². The first kappa shape index (κ1) is 15.8. The first-order valence-corrected chi connectivity index (χ1v) is 7.37. The van der Waals surface area contributed by atoms with Gasteiger partial charge in [-0.1, -0.05) is 24.6 Å². The van der Waals surface area contributed by atoms with E-state index in [4.69, 9.17) is 11.6 Å². The van der Waals surface area contributed by atoms with Crippen molar-refractivity contribution in [1.82, 2.24) is 10.2 Å². The predicted octanol–water partition coefficient (Wildman–Crippen LogP) is 2.47. The van der Waals surface area contributed by atoms with Crippen molar-refractivity contribution in [2.45, 2.75) is 19.8 Å². The maximum Gasteiger partial charge on any atom is 0.256 e. The molecule has 2 rings (SSSR count). The third-order valence-electron chi connectivity index (χ3n) is 3.73. The number of amides is 2. The van der Waals surface area contributed by atoms with E-state index < -0.39 is 11.7 Å². The van der Waals surface area contributed by atoms with Crippen LogP contribution in [-0.2, 0) is 4.79 Å². The largest absolute Gasteiger partial charge is 0.343 e. The Morgan fingerprint density at radius 2 is 2.05 bits per heavy atom. The molecule has 0 spiro atoms. The Bertz CT molecular complexity index is 522. The molecular formula is C15H18ClFN2O2. The summed E-state index contributed by atoms with van der Waals surface area (Å²) in [4.78, 5) is 25.6. The normalized spacial score (nSPS) is 15.9. The van der Waals surface area contributed by atoms with Crippen molar-refractivity contribution < 1.29 is 14.0 Å². The lowest BCUT2D eigenvalue weighted by molar-refractivity contribution is -0.131. The number of nitrogens with one attached hydrogen (secondary N) is 1. The van der Waals surface area contributed by atoms with Crippen LogP contribution in [0.2, 0.25) is 5.02 Å². The van der Waals surface area contributed by atoms with E-state index in [0.29, 0.717) is 19.0 Å². The summed E-state index contributed by atoms with van der Waals surface area (Å²) >= 11 is 5.81. The lowest BCUT2D eigenvalue weighted by Crippen LogP contribution is -2.43. The number of piperidine rings is 1. The molecule has 4 nitrogen and oxygen atoms in total. The van der Waals surface area contributed by atoms with Gasteiger partial charge in [0.15, 0.2) is 0 Å². The average molecular weight is 313 g/mol. The fraction of sp³-hybridized carbons (Fsp3) is 0.467. The predicted molar refractivity (Wildman–Crippen MR) is 78.7 cm³/mol. The van der Waals surface area contributed by atoms with Crippen molar-refractivity contribution in [2.24, 2.45) is 5.92 Å². The zero-order valence-corrected chi connectivity index (χ0v) is 12.6. The Morgan fingerprint density at radius 3 is 2.67 bits per heavy atom. The molecule has 1 aliphatic heterocycles. The minimum absolute atomic E-state index is 0.0340. The summed E-state index contributed by atoms with van der Waals surface area (Å²) in [6.07, 6.45) is 1.94. The Morgan fingerprint density at radius 1 is 1.38 bits per heavy atom. The van der Waals surface area contributed by atoms with Crippen LogP contribution in [0.3, 0.4) is 0 Å². The van der Waals surface area contributed by atoms with Crippen molar-refractivity contribution in [3.8, 4) is 0 Å². The van der Waals surface area contributed by atoms with E-state index in [2.05, 4.69) is 12.2 Å². The number of carbonyl (C=O) groups is 2. The maximum absolute atomic E-state index is 13.6. The Balaban J connectivity index is 1.91. The summed E-state index contributed by atoms with van der Waals surface area (Å²) < 4.78 is 13.6. The summed E-state index contributed by atoms with van der Waals surface area (Å²) in [5.41, 5.74) is -0.223. The first-order valence-electron chi connectivity index (χ1n) is 6.99. The van der Waals surface area contributed by atoms with Crippen molar-refractivity contribution in [1.29, 1.82) is 0 Å². The van der Waals surface area contributed by atoms with Crippen LogP contribution in [0.5, 0.6) is 0 Å². The molecule has 1 aromatic rings. The molecule has 1 heterocycles. The van der Waals surface area contributed by atoms with Crippen molar-refractivity contribution >= 4 is 23.4 Å². The molecule has 0 saturated carbocycles. The van der Waals surface area contributed by atoms with Gasteiger partial charge in [0.2, 0.25) is 5.91 Å². The van der Waals surface area contributed by atoms with E-state index in [1.165, 1.54) is 12.1 Å². The second kappa shape index (κ2) is 6.89. The van der Waals surface area contributed by atoms with Crippen LogP contribution >= 0.6 is 11.6 Å². The van der Waals surface area contributed by atoms with Gasteiger partial charge in [-0.15, -0.1) is 0 Å². The summed E-state index contributed by atoms with van der Waals surface area (Å²) in [6.45, 7) is 3.42. The van der Waals surface area contributed by atoms with Crippen LogP contribution in [0.1, 0.15) is 30.1 Å². The van der Waals surface area contributed by atoms with E-state index in [1.54, 1.807) is 4.90 Å². The molecule has 114 valence electrons. The third kappa shape index (κ3) is 3.94. The number of carbonyl (C=O) groups excluding carboxylic acids is 2. The van der Waals surface area contributed by atoms with E-state index in [1.807, 2.05) is 0 Å². The quantitative estimate of drug-likeness (QED) is 0.932. The van der Waals surface area contributed by atoms with Gasteiger partial charge >= 0.3 is 0 Å². The number of halogens is 2. The van der Waals surface area contributed by atoms with Crippen LogP contribution in [0.25, 0.3) is 0 Å². The zero-order chi connectivity index (χ0) is 15.4. The van der Waals surface area contributed by atoms with Gasteiger partial charge in [0.1, 0.15) is 5.82 Å². The number of rotatable bonds is 3. The highest BCUT2D eigenvalue weighted by Crippen LogP contribution is 2.19. The lowest BCUT2D eigenvalue weighted by atomic mass is 9.99. The second-order valence-electron chi connectivity index (χ2n) is 5.34. The van der Waals surface area contributed by atoms with Gasteiger partial charge in [0, 0.05) is 13.1 Å². The first-order chi connectivity index (χ1) is 9.99. The van der Waals surface area contributed by atoms with E-state index in [9.17, 15) is 14.0 Å². The van der Waals surface area contributed by atoms with Gasteiger partial charge in [0.25, 0.3) is 5.91 Å². The number of hydrogen-bond donors (Lipinski definition) is 1. The molecule has 21 heavy (non-hydrogen) atoms. The summed E-state index contributed by atoms with van der Waals surface area (Å²) in [7, 11) is 0. The Kier molecular flexibility index (Phi) is 5.17. The minimum Gasteiger partial charge on any atom is -0.343 e. The van der Waals surface area contributed by atoms with Crippen LogP contribution in [0.15, 0.2) is 18.2 Å². The summed E-state index contributed by atoms with van der Waals surface area (Å²) in [6, 6.07) is 4.02. The molecule has 1 fully saturated rings. The Labute approximate surface area is 128 Å². The number of nitrogens with zero attached hydrogens (tertiary/aromatic N) is 1. The standard InChI is InChI=1S/C15H18ClFN2O2/c1-10-5-7-19(8-6-10)13(20)9-18-15(21)14-11(16)3-2-4-12(14)17/h2-4,10H,5-9H2,1H3,(H,18,21). The molecule has 1 aliphatic rings. The maximum atomic E-state index is 13.6. The molecule has 1 aromatic carbocycles. The van der Waals surface area contributed by atoms with Crippen LogP contribution in [0.4, 0.5) is 4.39 Å². The van der Waals surface area contributed by atoms with Crippen molar-refractivity contribution in [3.05, 3.63) is 34.6 Å². The molecule has 0 radical (unpaired) electrons. The molecule has 0 unspecified atom stereocenters. The third-order valence-corrected chi connectivity index (χ3v) is 4.04. The summed E-state index contributed by atoms with van der Waals surface area (Å²) in [5, 5.41) is 2.47. The highest BCUT2D eigenvalue weighted by molar-refractivity contribution is 6.33. The van der Waals surface area contributed by atoms with Gasteiger partial charge in [0.05, 0.1) is 17.1 Å². The van der Waals surface area contributed by atoms with E-state index in [-0.39, 0.29) is 23.0 Å². The summed E-state index contributed by atoms with van der Waals surface area (Å²) in [5.74, 6) is -0.889. The topological polar surface area (TPSA) is 49.4 Å². The lowest BCUT2D eigenvalue weighted by Gasteiger charge is -2.30. The number of hydrogen-bond acceptors (Lipinski definition) is 2. The van der Waals surface area contributed by atoms with E-state index >= 15 is 0 Å². The fourth-order valence-electron chi connectivity index (χ4n) is 2.33. The van der Waals surface area contributed by atoms with Gasteiger partial charge in [-0.3, -0.25) is 9.59 Å². The van der Waals surface area contributed by atoms with Gasteiger partial charge in [-0.25, -0.2) is 4.39 Å². The molecule has 2 amide bonds. The van der Waals surface area contributed by atoms with Crippen molar-refractivity contribution in [2.75, 3.05) is 19.6 Å². The molecule has 1 saturated heterocycles. The van der Waals surface area contributed by atoms with Crippen LogP contribution < -0.4 is 5.32 Å². The van der Waals surface area contributed by atoms with E-state index in [0.717, 1.165) is 18.9 Å². The SMILES string of the molecule is CC1CCN(C(=O)CNC(=O)c2c(F)cccc2Cl)CC1. The van der Waals surface area contributed by atoms with Gasteiger partial charge < -0.3 is 10.2 Å². The highest BCUT2D eigenvalue weighted by atomic mass is 35.5. The second-order valence-corrected chi connectivity index (χ2v) is 5.75. The number of likely N-dealkylation sites (tertiary alicyclic amines) is 1. The molecule has 0 bridgehead atoms. The fourth-order valence-corrected chi connectivity index (χ4v) is 2.58. The molecular weight excluding hydrogens is 295 g/mol. The molecule has 0 aromatic heterocycles. The zero-order valence-electron chi connectivity index (χ0n) is 11.9. The molecule has 6 heteroatoms. The average Bonchev–Trinajstić information content (AvgIpc) is 2.45. The molecule has 0 aliphatic carbocycles. The van der Waals surface area contributed by atoms with Crippen molar-refractivity contribution in [3.63, 3.8) is 0 Å². The van der Waals surface area contributed by atoms with Gasteiger partial charge in [-0.2, -0.15) is 0 Å². The monoisotopic (exact) mass is 312 g/mol. The molecule has 0 atom stereocenters. The van der Waals surface area contributed by atoms with Crippen LogP contribution in [-0.4, -0.2) is 36.3 Å².